The van der Waals surface area contributed by atoms with Crippen LogP contribution in [0.3, 0.4) is 0 Å². The minimum atomic E-state index is -0.914. The molecule has 1 aromatic heterocycles. The summed E-state index contributed by atoms with van der Waals surface area (Å²) in [6, 6.07) is 16.8. The molecule has 0 amide bonds. The van der Waals surface area contributed by atoms with Gasteiger partial charge in [0.05, 0.1) is 12.7 Å². The number of thiophene rings is 1. The molecule has 0 atom stereocenters. The highest BCUT2D eigenvalue weighted by Crippen LogP contribution is 2.29. The van der Waals surface area contributed by atoms with Crippen molar-refractivity contribution in [3.8, 4) is 11.5 Å². The molecule has 0 saturated heterocycles. The zero-order chi connectivity index (χ0) is 19.1. The molecule has 0 aliphatic heterocycles. The van der Waals surface area contributed by atoms with E-state index in [9.17, 15) is 4.79 Å². The van der Waals surface area contributed by atoms with Crippen LogP contribution in [0.4, 0.5) is 0 Å². The van der Waals surface area contributed by atoms with Crippen LogP contribution in [0.15, 0.2) is 60.0 Å². The number of nitrogens with one attached hydrogen (secondary N) is 1. The minimum absolute atomic E-state index is 0. The lowest BCUT2D eigenvalue weighted by atomic mass is 10.1. The van der Waals surface area contributed by atoms with Gasteiger partial charge in [0.2, 0.25) is 0 Å². The van der Waals surface area contributed by atoms with Crippen LogP contribution < -0.4 is 14.8 Å². The van der Waals surface area contributed by atoms with Gasteiger partial charge in [-0.05, 0) is 46.8 Å². The van der Waals surface area contributed by atoms with E-state index in [4.69, 9.17) is 14.6 Å². The Labute approximate surface area is 174 Å². The Morgan fingerprint density at radius 1 is 1.04 bits per heavy atom. The predicted molar refractivity (Wildman–Crippen MR) is 113 cm³/mol. The van der Waals surface area contributed by atoms with Gasteiger partial charge >= 0.3 is 5.97 Å². The highest BCUT2D eigenvalue weighted by molar-refractivity contribution is 7.09. The van der Waals surface area contributed by atoms with Gasteiger partial charge < -0.3 is 19.9 Å². The predicted octanol–water partition coefficient (Wildman–Crippen LogP) is 4.75. The van der Waals surface area contributed by atoms with E-state index in [1.807, 2.05) is 47.8 Å². The zero-order valence-electron chi connectivity index (χ0n) is 15.4. The lowest BCUT2D eigenvalue weighted by Crippen LogP contribution is -2.13. The van der Waals surface area contributed by atoms with E-state index in [2.05, 4.69) is 5.32 Å². The van der Waals surface area contributed by atoms with E-state index >= 15 is 0 Å². The smallest absolute Gasteiger partial charge is 0.335 e. The molecule has 2 aromatic carbocycles. The van der Waals surface area contributed by atoms with Crippen molar-refractivity contribution in [2.45, 2.75) is 19.7 Å². The van der Waals surface area contributed by atoms with Crippen molar-refractivity contribution >= 4 is 29.7 Å². The number of benzene rings is 2. The number of rotatable bonds is 9. The number of hydrogen-bond acceptors (Lipinski definition) is 5. The van der Waals surface area contributed by atoms with Gasteiger partial charge in [-0.25, -0.2) is 4.79 Å². The summed E-state index contributed by atoms with van der Waals surface area (Å²) in [6.07, 6.45) is 0. The van der Waals surface area contributed by atoms with E-state index < -0.39 is 5.97 Å². The molecule has 0 aliphatic carbocycles. The van der Waals surface area contributed by atoms with Crippen LogP contribution in [0, 0.1) is 0 Å². The molecule has 2 N–H and O–H groups in total. The van der Waals surface area contributed by atoms with Gasteiger partial charge in [0.15, 0.2) is 11.5 Å². The Bertz CT molecular complexity index is 882. The number of ether oxygens (including phenoxy) is 2. The summed E-state index contributed by atoms with van der Waals surface area (Å²) in [7, 11) is 1.63. The van der Waals surface area contributed by atoms with Gasteiger partial charge in [-0.15, -0.1) is 23.7 Å². The van der Waals surface area contributed by atoms with Crippen LogP contribution >= 0.6 is 23.7 Å². The Balaban J connectivity index is 0.00000280. The first-order chi connectivity index (χ1) is 13.2. The monoisotopic (exact) mass is 419 g/mol. The normalized spacial score (nSPS) is 10.2. The molecule has 7 heteroatoms. The van der Waals surface area contributed by atoms with Crippen LogP contribution in [0.5, 0.6) is 11.5 Å². The van der Waals surface area contributed by atoms with E-state index in [0.29, 0.717) is 31.0 Å². The summed E-state index contributed by atoms with van der Waals surface area (Å²) in [5, 5.41) is 14.3. The highest BCUT2D eigenvalue weighted by Gasteiger charge is 2.07. The quantitative estimate of drug-likeness (QED) is 0.524. The molecule has 0 saturated carbocycles. The van der Waals surface area contributed by atoms with Crippen molar-refractivity contribution in [2.24, 2.45) is 0 Å². The number of aromatic carboxylic acids is 1. The Hall–Kier alpha value is -2.54. The van der Waals surface area contributed by atoms with Crippen molar-refractivity contribution in [1.82, 2.24) is 5.32 Å². The maximum absolute atomic E-state index is 10.9. The average molecular weight is 420 g/mol. The molecule has 3 aromatic rings. The van der Waals surface area contributed by atoms with Gasteiger partial charge in [0.1, 0.15) is 6.61 Å². The second-order valence-electron chi connectivity index (χ2n) is 5.96. The summed E-state index contributed by atoms with van der Waals surface area (Å²) < 4.78 is 11.3. The second kappa shape index (κ2) is 10.7. The van der Waals surface area contributed by atoms with Gasteiger partial charge in [-0.3, -0.25) is 0 Å². The van der Waals surface area contributed by atoms with Crippen LogP contribution in [-0.4, -0.2) is 18.2 Å². The molecule has 0 fully saturated rings. The molecular weight excluding hydrogens is 398 g/mol. The third kappa shape index (κ3) is 5.99. The first-order valence-corrected chi connectivity index (χ1v) is 9.38. The number of hydrogen-bond donors (Lipinski definition) is 2. The van der Waals surface area contributed by atoms with Crippen LogP contribution in [0.2, 0.25) is 0 Å². The molecule has 0 unspecified atom stereocenters. The second-order valence-corrected chi connectivity index (χ2v) is 6.99. The first-order valence-electron chi connectivity index (χ1n) is 8.51. The van der Waals surface area contributed by atoms with Gasteiger partial charge in [0, 0.05) is 18.0 Å². The van der Waals surface area contributed by atoms with Gasteiger partial charge in [0.25, 0.3) is 0 Å². The van der Waals surface area contributed by atoms with Crippen molar-refractivity contribution < 1.29 is 19.4 Å². The fraction of sp³-hybridized carbons (Fsp3) is 0.190. The lowest BCUT2D eigenvalue weighted by Gasteiger charge is -2.12. The molecule has 5 nitrogen and oxygen atoms in total. The molecule has 0 spiro atoms. The largest absolute Gasteiger partial charge is 0.493 e. The third-order valence-electron chi connectivity index (χ3n) is 4.04. The lowest BCUT2D eigenvalue weighted by molar-refractivity contribution is 0.0697. The van der Waals surface area contributed by atoms with E-state index in [0.717, 1.165) is 21.8 Å². The summed E-state index contributed by atoms with van der Waals surface area (Å²) in [6.45, 7) is 1.85. The average Bonchev–Trinajstić information content (AvgIpc) is 3.21. The summed E-state index contributed by atoms with van der Waals surface area (Å²) in [5.74, 6) is 0.513. The maximum Gasteiger partial charge on any atom is 0.335 e. The number of carboxylic acid groups (broad SMARTS) is 1. The zero-order valence-corrected chi connectivity index (χ0v) is 17.0. The van der Waals surface area contributed by atoms with Gasteiger partial charge in [-0.1, -0.05) is 24.3 Å². The fourth-order valence-electron chi connectivity index (χ4n) is 2.60. The van der Waals surface area contributed by atoms with E-state index in [1.165, 1.54) is 0 Å². The number of carbonyl (C=O) groups is 1. The molecule has 28 heavy (non-hydrogen) atoms. The van der Waals surface area contributed by atoms with Crippen molar-refractivity contribution in [3.63, 3.8) is 0 Å². The SMILES string of the molecule is COc1cc(CNCc2ccc(C(=O)O)cc2)ccc1OCc1cccs1.Cl. The topological polar surface area (TPSA) is 67.8 Å². The summed E-state index contributed by atoms with van der Waals surface area (Å²) in [4.78, 5) is 12.0. The Morgan fingerprint density at radius 3 is 2.39 bits per heavy atom. The van der Waals surface area contributed by atoms with Crippen molar-refractivity contribution in [3.05, 3.63) is 81.5 Å². The van der Waals surface area contributed by atoms with Crippen LogP contribution in [0.1, 0.15) is 26.4 Å². The number of carboxylic acids is 1. The van der Waals surface area contributed by atoms with Crippen LogP contribution in [-0.2, 0) is 19.7 Å². The van der Waals surface area contributed by atoms with Gasteiger partial charge in [-0.2, -0.15) is 0 Å². The summed E-state index contributed by atoms with van der Waals surface area (Å²) in [5.41, 5.74) is 2.40. The third-order valence-corrected chi connectivity index (χ3v) is 4.89. The molecule has 1 heterocycles. The van der Waals surface area contributed by atoms with Crippen LogP contribution in [0.25, 0.3) is 0 Å². The number of methoxy groups -OCH3 is 1. The summed E-state index contributed by atoms with van der Waals surface area (Å²) >= 11 is 1.66. The Kier molecular flexibility index (Phi) is 8.32. The minimum Gasteiger partial charge on any atom is -0.493 e. The Morgan fingerprint density at radius 2 is 1.75 bits per heavy atom. The molecule has 3 rings (SSSR count). The van der Waals surface area contributed by atoms with E-state index in [-0.39, 0.29) is 12.4 Å². The molecular formula is C21H22ClNO4S. The number of halogens is 1. The maximum atomic E-state index is 10.9. The first kappa shape index (κ1) is 21.8. The van der Waals surface area contributed by atoms with Crippen molar-refractivity contribution in [2.75, 3.05) is 7.11 Å². The molecule has 0 bridgehead atoms. The van der Waals surface area contributed by atoms with E-state index in [1.54, 1.807) is 30.6 Å². The van der Waals surface area contributed by atoms with Crippen molar-refractivity contribution in [1.29, 1.82) is 0 Å². The molecule has 0 aliphatic rings. The molecule has 0 radical (unpaired) electrons. The fourth-order valence-corrected chi connectivity index (χ4v) is 3.22. The molecule has 148 valence electrons. The standard InChI is InChI=1S/C21H21NO4S.ClH/c1-25-20-11-16(6-9-19(20)26-14-18-3-2-10-27-18)13-22-12-15-4-7-17(8-5-15)21(23)24;/h2-11,22H,12-14H2,1H3,(H,23,24);1H. The highest BCUT2D eigenvalue weighted by atomic mass is 35.5.